The van der Waals surface area contributed by atoms with Crippen molar-refractivity contribution in [2.24, 2.45) is 0 Å². The third-order valence-electron chi connectivity index (χ3n) is 4.30. The van der Waals surface area contributed by atoms with Gasteiger partial charge in [-0.25, -0.2) is 4.98 Å². The second-order valence-corrected chi connectivity index (χ2v) is 8.02. The minimum absolute atomic E-state index is 0.222. The van der Waals surface area contributed by atoms with Crippen molar-refractivity contribution in [3.8, 4) is 0 Å². The van der Waals surface area contributed by atoms with Gasteiger partial charge in [-0.2, -0.15) is 0 Å². The fraction of sp³-hybridized carbons (Fsp3) is 0.733. The van der Waals surface area contributed by atoms with Crippen molar-refractivity contribution in [3.63, 3.8) is 0 Å². The Morgan fingerprint density at radius 2 is 2.10 bits per heavy atom. The second-order valence-electron chi connectivity index (χ2n) is 5.86. The molecule has 0 radical (unpaired) electrons. The van der Waals surface area contributed by atoms with Crippen LogP contribution in [0.15, 0.2) is 11.6 Å². The predicted octanol–water partition coefficient (Wildman–Crippen LogP) is 2.90. The van der Waals surface area contributed by atoms with E-state index in [9.17, 15) is 4.79 Å². The molecule has 1 aliphatic heterocycles. The Balaban J connectivity index is 1.35. The van der Waals surface area contributed by atoms with Crippen LogP contribution in [0, 0.1) is 0 Å². The van der Waals surface area contributed by atoms with Crippen LogP contribution in [0.1, 0.15) is 38.5 Å². The number of piperidine rings is 1. The summed E-state index contributed by atoms with van der Waals surface area (Å²) in [6, 6.07) is 0.345. The maximum Gasteiger partial charge on any atom is 0.230 e. The van der Waals surface area contributed by atoms with Crippen molar-refractivity contribution in [1.82, 2.24) is 10.3 Å². The van der Waals surface area contributed by atoms with Crippen LogP contribution in [-0.4, -0.2) is 41.0 Å². The van der Waals surface area contributed by atoms with Crippen molar-refractivity contribution < 1.29 is 4.79 Å². The zero-order chi connectivity index (χ0) is 14.5. The van der Waals surface area contributed by atoms with E-state index in [0.29, 0.717) is 11.8 Å². The number of carbonyl (C=O) groups excluding carboxylic acids is 1. The summed E-state index contributed by atoms with van der Waals surface area (Å²) in [4.78, 5) is 18.7. The molecule has 2 heterocycles. The Labute approximate surface area is 134 Å². The van der Waals surface area contributed by atoms with E-state index in [1.54, 1.807) is 11.3 Å². The zero-order valence-electron chi connectivity index (χ0n) is 12.3. The van der Waals surface area contributed by atoms with Crippen LogP contribution in [-0.2, 0) is 4.79 Å². The maximum atomic E-state index is 12.0. The lowest BCUT2D eigenvalue weighted by Crippen LogP contribution is -2.45. The summed E-state index contributed by atoms with van der Waals surface area (Å²) in [7, 11) is 0. The van der Waals surface area contributed by atoms with Gasteiger partial charge in [0.15, 0.2) is 5.13 Å². The summed E-state index contributed by atoms with van der Waals surface area (Å²) in [5, 5.41) is 7.05. The second kappa shape index (κ2) is 7.49. The molecule has 6 heteroatoms. The van der Waals surface area contributed by atoms with Crippen LogP contribution in [0.5, 0.6) is 0 Å². The number of nitrogens with one attached hydrogen (secondary N) is 1. The molecular weight excluding hydrogens is 302 g/mol. The van der Waals surface area contributed by atoms with Gasteiger partial charge in [0, 0.05) is 36.0 Å². The van der Waals surface area contributed by atoms with Gasteiger partial charge in [-0.3, -0.25) is 4.79 Å². The quantitative estimate of drug-likeness (QED) is 0.904. The van der Waals surface area contributed by atoms with Gasteiger partial charge in [-0.15, -0.1) is 23.1 Å². The number of nitrogens with zero attached hydrogens (tertiary/aromatic N) is 2. The first-order chi connectivity index (χ1) is 10.3. The highest BCUT2D eigenvalue weighted by atomic mass is 32.2. The van der Waals surface area contributed by atoms with E-state index in [2.05, 4.69) is 15.2 Å². The van der Waals surface area contributed by atoms with E-state index in [-0.39, 0.29) is 5.91 Å². The molecule has 1 aliphatic carbocycles. The van der Waals surface area contributed by atoms with Crippen LogP contribution in [0.3, 0.4) is 0 Å². The van der Waals surface area contributed by atoms with Crippen molar-refractivity contribution in [1.29, 1.82) is 0 Å². The van der Waals surface area contributed by atoms with Crippen molar-refractivity contribution in [2.45, 2.75) is 49.8 Å². The summed E-state index contributed by atoms with van der Waals surface area (Å²) in [6.07, 6.45) is 9.18. The molecule has 0 spiro atoms. The number of thiazole rings is 1. The average Bonchev–Trinajstić information content (AvgIpc) is 3.19. The molecule has 1 aromatic rings. The molecule has 0 bridgehead atoms. The maximum absolute atomic E-state index is 12.0. The fourth-order valence-corrected chi connectivity index (χ4v) is 4.94. The van der Waals surface area contributed by atoms with Gasteiger partial charge in [0.1, 0.15) is 0 Å². The highest BCUT2D eigenvalue weighted by Crippen LogP contribution is 2.29. The average molecular weight is 326 g/mol. The van der Waals surface area contributed by atoms with E-state index < -0.39 is 0 Å². The minimum atomic E-state index is 0.222. The molecule has 0 aromatic carbocycles. The monoisotopic (exact) mass is 325 g/mol. The third kappa shape index (κ3) is 4.36. The molecule has 3 rings (SSSR count). The van der Waals surface area contributed by atoms with Gasteiger partial charge < -0.3 is 10.2 Å². The number of aromatic nitrogens is 1. The molecule has 1 N–H and O–H groups in total. The van der Waals surface area contributed by atoms with Gasteiger partial charge in [0.25, 0.3) is 0 Å². The molecule has 21 heavy (non-hydrogen) atoms. The largest absolute Gasteiger partial charge is 0.353 e. The Bertz CT molecular complexity index is 438. The van der Waals surface area contributed by atoms with E-state index >= 15 is 0 Å². The molecule has 2 aliphatic rings. The van der Waals surface area contributed by atoms with E-state index in [4.69, 9.17) is 0 Å². The van der Waals surface area contributed by atoms with Crippen LogP contribution in [0.25, 0.3) is 0 Å². The van der Waals surface area contributed by atoms with Gasteiger partial charge in [-0.1, -0.05) is 12.8 Å². The molecule has 1 aromatic heterocycles. The van der Waals surface area contributed by atoms with Crippen LogP contribution in [0.4, 0.5) is 5.13 Å². The molecular formula is C15H23N3OS2. The highest BCUT2D eigenvalue weighted by molar-refractivity contribution is 8.00. The Kier molecular flexibility index (Phi) is 5.41. The van der Waals surface area contributed by atoms with E-state index in [0.717, 1.165) is 36.3 Å². The minimum Gasteiger partial charge on any atom is -0.353 e. The molecule has 1 amide bonds. The van der Waals surface area contributed by atoms with Crippen molar-refractivity contribution >= 4 is 34.1 Å². The van der Waals surface area contributed by atoms with Gasteiger partial charge in [-0.05, 0) is 25.7 Å². The summed E-state index contributed by atoms with van der Waals surface area (Å²) < 4.78 is 0. The number of hydrogen-bond donors (Lipinski definition) is 1. The Morgan fingerprint density at radius 1 is 1.33 bits per heavy atom. The van der Waals surface area contributed by atoms with Crippen molar-refractivity contribution in [2.75, 3.05) is 23.7 Å². The molecule has 1 saturated heterocycles. The number of carbonyl (C=O) groups is 1. The number of rotatable bonds is 5. The fourth-order valence-electron chi connectivity index (χ4n) is 3.11. The van der Waals surface area contributed by atoms with Crippen molar-refractivity contribution in [3.05, 3.63) is 11.6 Å². The molecule has 1 saturated carbocycles. The lowest BCUT2D eigenvalue weighted by atomic mass is 10.1. The summed E-state index contributed by atoms with van der Waals surface area (Å²) in [6.45, 7) is 1.99. The first kappa shape index (κ1) is 15.2. The summed E-state index contributed by atoms with van der Waals surface area (Å²) in [5.74, 6) is 0.858. The normalized spacial score (nSPS) is 20.9. The van der Waals surface area contributed by atoms with Crippen LogP contribution in [0.2, 0.25) is 0 Å². The molecule has 0 unspecified atom stereocenters. The van der Waals surface area contributed by atoms with E-state index in [1.807, 2.05) is 23.3 Å². The zero-order valence-corrected chi connectivity index (χ0v) is 13.9. The smallest absolute Gasteiger partial charge is 0.230 e. The topological polar surface area (TPSA) is 45.2 Å². The Hall–Kier alpha value is -0.750. The first-order valence-corrected chi connectivity index (χ1v) is 9.79. The first-order valence-electron chi connectivity index (χ1n) is 7.86. The molecule has 0 atom stereocenters. The van der Waals surface area contributed by atoms with Gasteiger partial charge in [0.2, 0.25) is 5.91 Å². The number of anilines is 1. The summed E-state index contributed by atoms with van der Waals surface area (Å²) >= 11 is 3.54. The third-order valence-corrected chi connectivity index (χ3v) is 6.51. The number of thioether (sulfide) groups is 1. The van der Waals surface area contributed by atoms with Crippen LogP contribution >= 0.6 is 23.1 Å². The lowest BCUT2D eigenvalue weighted by molar-refractivity contribution is -0.119. The van der Waals surface area contributed by atoms with E-state index in [1.165, 1.54) is 25.7 Å². The predicted molar refractivity (Wildman–Crippen MR) is 90.2 cm³/mol. The molecule has 4 nitrogen and oxygen atoms in total. The lowest BCUT2D eigenvalue weighted by Gasteiger charge is -2.32. The van der Waals surface area contributed by atoms with Crippen LogP contribution < -0.4 is 10.2 Å². The molecule has 116 valence electrons. The van der Waals surface area contributed by atoms with Gasteiger partial charge >= 0.3 is 0 Å². The summed E-state index contributed by atoms with van der Waals surface area (Å²) in [5.41, 5.74) is 0. The Morgan fingerprint density at radius 3 is 2.76 bits per heavy atom. The molecule has 2 fully saturated rings. The number of amides is 1. The van der Waals surface area contributed by atoms with Gasteiger partial charge in [0.05, 0.1) is 5.75 Å². The number of hydrogen-bond acceptors (Lipinski definition) is 5. The SMILES string of the molecule is O=C(CSC1CCCC1)NC1CCN(c2nccs2)CC1. The highest BCUT2D eigenvalue weighted by Gasteiger charge is 2.23. The standard InChI is InChI=1S/C15H23N3OS2/c19-14(11-21-13-3-1-2-4-13)17-12-5-8-18(9-6-12)15-16-7-10-20-15/h7,10,12-13H,1-6,8-9,11H2,(H,17,19).